The van der Waals surface area contributed by atoms with E-state index in [0.29, 0.717) is 0 Å². The number of pyridine rings is 1. The minimum Gasteiger partial charge on any atom is -0.455 e. The van der Waals surface area contributed by atoms with Crippen LogP contribution in [0.15, 0.2) is 206 Å². The second-order valence-electron chi connectivity index (χ2n) is 14.6. The molecule has 0 bridgehead atoms. The Bertz CT molecular complexity index is 3400. The van der Waals surface area contributed by atoms with Crippen molar-refractivity contribution in [2.24, 2.45) is 0 Å². The van der Waals surface area contributed by atoms with Crippen LogP contribution in [0.1, 0.15) is 33.3 Å². The summed E-state index contributed by atoms with van der Waals surface area (Å²) in [5.74, 6) is 0. The molecule has 0 radical (unpaired) electrons. The summed E-state index contributed by atoms with van der Waals surface area (Å²) in [6.07, 6.45) is 19.9. The zero-order valence-electron chi connectivity index (χ0n) is 35.6. The predicted octanol–water partition coefficient (Wildman–Crippen LogP) is 16.4. The lowest BCUT2D eigenvalue weighted by Crippen LogP contribution is -2.11. The summed E-state index contributed by atoms with van der Waals surface area (Å²) in [4.78, 5) is 7.04. The highest BCUT2D eigenvalue weighted by Gasteiger charge is 2.22. The van der Waals surface area contributed by atoms with Crippen molar-refractivity contribution in [1.82, 2.24) is 14.1 Å². The largest absolute Gasteiger partial charge is 0.455 e. The summed E-state index contributed by atoms with van der Waals surface area (Å²) >= 11 is 0. The highest BCUT2D eigenvalue weighted by molar-refractivity contribution is 6.14. The number of hydrogen-bond acceptors (Lipinski definition) is 3. The van der Waals surface area contributed by atoms with E-state index in [0.717, 1.165) is 83.2 Å². The minimum atomic E-state index is 0.821. The molecule has 0 fully saturated rings. The maximum Gasteiger partial charge on any atom is 0.145 e. The number of nitrogens with zero attached hydrogens (tertiary/aromatic N) is 4. The van der Waals surface area contributed by atoms with E-state index >= 15 is 0 Å². The second kappa shape index (κ2) is 17.0. The Morgan fingerprint density at radius 1 is 0.581 bits per heavy atom. The Labute approximate surface area is 362 Å². The van der Waals surface area contributed by atoms with Gasteiger partial charge in [0.15, 0.2) is 0 Å². The van der Waals surface area contributed by atoms with Crippen LogP contribution in [0.4, 0.5) is 11.4 Å². The van der Waals surface area contributed by atoms with Crippen molar-refractivity contribution in [3.05, 3.63) is 207 Å². The summed E-state index contributed by atoms with van der Waals surface area (Å²) in [6, 6.07) is 47.6. The molecule has 5 nitrogen and oxygen atoms in total. The van der Waals surface area contributed by atoms with Gasteiger partial charge in [0.1, 0.15) is 11.2 Å². The molecule has 0 aliphatic carbocycles. The maximum absolute atomic E-state index is 6.78. The van der Waals surface area contributed by atoms with E-state index in [-0.39, 0.29) is 0 Å². The average Bonchev–Trinajstić information content (AvgIpc) is 3.98. The van der Waals surface area contributed by atoms with Crippen LogP contribution in [-0.4, -0.2) is 14.1 Å². The molecule has 5 heteroatoms. The topological polar surface area (TPSA) is 39.1 Å². The van der Waals surface area contributed by atoms with E-state index in [1.54, 1.807) is 6.08 Å². The molecule has 0 unspecified atom stereocenters. The standard InChI is InChI=1S/C53H36N4O.2C2H6/c1-3-4-5-11-31-56-45-26-23-37(33-44(45)52-49(56)22-14-29-54-52)36-16-13-17-38(32-36)55-30-12-10-15-35(2)51-48(55)27-25-42-43-34-39(24-28-50(43)58-53(42)51)57-46-20-8-6-18-40(46)41-19-7-9-21-47(41)57;2*1-2/h3-34H,1-2H2;2*1-2H3/b5-4-,15-10-,30-12-,31-11-;;. The molecular formula is C57H48N4O. The molecule has 0 spiro atoms. The van der Waals surface area contributed by atoms with Crippen molar-refractivity contribution in [3.63, 3.8) is 0 Å². The summed E-state index contributed by atoms with van der Waals surface area (Å²) in [7, 11) is 0. The predicted molar refractivity (Wildman–Crippen MR) is 268 cm³/mol. The van der Waals surface area contributed by atoms with Gasteiger partial charge in [-0.25, -0.2) is 0 Å². The fourth-order valence-electron chi connectivity index (χ4n) is 8.68. The van der Waals surface area contributed by atoms with Crippen molar-refractivity contribution in [3.8, 4) is 16.8 Å². The van der Waals surface area contributed by atoms with E-state index in [1.807, 2.05) is 64.3 Å². The van der Waals surface area contributed by atoms with E-state index in [9.17, 15) is 0 Å². The highest BCUT2D eigenvalue weighted by atomic mass is 16.3. The monoisotopic (exact) mass is 804 g/mol. The molecule has 0 amide bonds. The molecule has 11 rings (SSSR count). The van der Waals surface area contributed by atoms with Crippen LogP contribution in [0, 0.1) is 0 Å². The van der Waals surface area contributed by atoms with Gasteiger partial charge in [-0.2, -0.15) is 0 Å². The number of anilines is 2. The van der Waals surface area contributed by atoms with Crippen molar-refractivity contribution in [2.45, 2.75) is 27.7 Å². The van der Waals surface area contributed by atoms with Gasteiger partial charge in [-0.15, -0.1) is 0 Å². The number of aromatic nitrogens is 3. The Balaban J connectivity index is 0.00000119. The summed E-state index contributed by atoms with van der Waals surface area (Å²) < 4.78 is 11.3. The summed E-state index contributed by atoms with van der Waals surface area (Å²) in [5, 5.41) is 5.69. The molecule has 0 saturated heterocycles. The highest BCUT2D eigenvalue weighted by Crippen LogP contribution is 2.44. The third-order valence-electron chi connectivity index (χ3n) is 11.3. The van der Waals surface area contributed by atoms with Crippen molar-refractivity contribution in [1.29, 1.82) is 0 Å². The van der Waals surface area contributed by atoms with Gasteiger partial charge in [0.25, 0.3) is 0 Å². The number of allylic oxidation sites excluding steroid dienone is 8. The van der Waals surface area contributed by atoms with Crippen molar-refractivity contribution >= 4 is 88.8 Å². The van der Waals surface area contributed by atoms with Crippen molar-refractivity contribution in [2.75, 3.05) is 4.90 Å². The Kier molecular flexibility index (Phi) is 10.8. The van der Waals surface area contributed by atoms with Gasteiger partial charge < -0.3 is 18.5 Å². The second-order valence-corrected chi connectivity index (χ2v) is 14.6. The van der Waals surface area contributed by atoms with Crippen LogP contribution in [0.25, 0.3) is 94.3 Å². The lowest BCUT2D eigenvalue weighted by atomic mass is 9.98. The quantitative estimate of drug-likeness (QED) is 0.157. The van der Waals surface area contributed by atoms with Gasteiger partial charge in [0.2, 0.25) is 0 Å². The molecule has 0 N–H and O–H groups in total. The van der Waals surface area contributed by atoms with Gasteiger partial charge in [-0.3, -0.25) is 4.98 Å². The van der Waals surface area contributed by atoms with Gasteiger partial charge in [-0.05, 0) is 108 Å². The lowest BCUT2D eigenvalue weighted by Gasteiger charge is -2.25. The van der Waals surface area contributed by atoms with E-state index in [1.165, 1.54) is 21.8 Å². The fourth-order valence-corrected chi connectivity index (χ4v) is 8.68. The normalized spacial score (nSPS) is 13.7. The molecular weight excluding hydrogens is 757 g/mol. The van der Waals surface area contributed by atoms with Crippen LogP contribution in [-0.2, 0) is 0 Å². The third kappa shape index (κ3) is 6.65. The van der Waals surface area contributed by atoms with Crippen LogP contribution in [0.3, 0.4) is 0 Å². The first-order chi connectivity index (χ1) is 30.7. The Morgan fingerprint density at radius 2 is 1.34 bits per heavy atom. The van der Waals surface area contributed by atoms with Crippen LogP contribution < -0.4 is 4.90 Å². The molecule has 6 aromatic carbocycles. The zero-order chi connectivity index (χ0) is 42.7. The van der Waals surface area contributed by atoms with E-state index in [4.69, 9.17) is 9.40 Å². The van der Waals surface area contributed by atoms with Gasteiger partial charge in [0, 0.05) is 62.5 Å². The Hall–Kier alpha value is -7.89. The fraction of sp³-hybridized carbons (Fsp3) is 0.0702. The van der Waals surface area contributed by atoms with Gasteiger partial charge in [0.05, 0.1) is 33.3 Å². The SMILES string of the molecule is C=C/C=C\C=C/n1c2ccc(-c3cccc(N4/C=C\C=C/C(=C)c5c4ccc4c5oc5ccc(-n6c7ccccc7c7ccccc76)cc54)c3)cc2c2ncccc21.CC.CC. The zero-order valence-corrected chi connectivity index (χ0v) is 35.6. The molecule has 1 aliphatic rings. The molecule has 302 valence electrons. The van der Waals surface area contributed by atoms with Gasteiger partial charge in [-0.1, -0.05) is 126 Å². The van der Waals surface area contributed by atoms with E-state index in [2.05, 4.69) is 179 Å². The number of hydrogen-bond donors (Lipinski definition) is 0. The summed E-state index contributed by atoms with van der Waals surface area (Å²) in [6.45, 7) is 16.3. The molecule has 10 aromatic rings. The van der Waals surface area contributed by atoms with E-state index < -0.39 is 0 Å². The first-order valence-electron chi connectivity index (χ1n) is 21.4. The van der Waals surface area contributed by atoms with Crippen LogP contribution in [0.2, 0.25) is 0 Å². The first kappa shape index (κ1) is 39.6. The average molecular weight is 805 g/mol. The van der Waals surface area contributed by atoms with Crippen LogP contribution >= 0.6 is 0 Å². The molecule has 5 heterocycles. The number of benzene rings is 6. The number of fused-ring (bicyclic) bond motifs is 11. The van der Waals surface area contributed by atoms with Crippen LogP contribution in [0.5, 0.6) is 0 Å². The first-order valence-corrected chi connectivity index (χ1v) is 21.4. The molecule has 1 aliphatic heterocycles. The minimum absolute atomic E-state index is 0.821. The molecule has 0 saturated carbocycles. The molecule has 4 aromatic heterocycles. The number of para-hydroxylation sites is 2. The Morgan fingerprint density at radius 3 is 2.13 bits per heavy atom. The maximum atomic E-state index is 6.78. The lowest BCUT2D eigenvalue weighted by molar-refractivity contribution is 0.667. The smallest absolute Gasteiger partial charge is 0.145 e. The van der Waals surface area contributed by atoms with Gasteiger partial charge >= 0.3 is 0 Å². The molecule has 0 atom stereocenters. The number of rotatable bonds is 6. The van der Waals surface area contributed by atoms with Crippen molar-refractivity contribution < 1.29 is 4.42 Å². The third-order valence-corrected chi connectivity index (χ3v) is 11.3. The summed E-state index contributed by atoms with van der Waals surface area (Å²) in [5.41, 5.74) is 14.3. The number of furan rings is 1. The molecule has 62 heavy (non-hydrogen) atoms.